The Morgan fingerprint density at radius 2 is 1.80 bits per heavy atom. The van der Waals surface area contributed by atoms with E-state index in [0.29, 0.717) is 40.1 Å². The van der Waals surface area contributed by atoms with E-state index in [1.807, 2.05) is 26.0 Å². The van der Waals surface area contributed by atoms with Crippen LogP contribution in [-0.2, 0) is 9.59 Å². The summed E-state index contributed by atoms with van der Waals surface area (Å²) in [5, 5.41) is 13.3. The first-order valence-electron chi connectivity index (χ1n) is 10.6. The zero-order valence-corrected chi connectivity index (χ0v) is 20.0. The van der Waals surface area contributed by atoms with E-state index in [1.165, 1.54) is 12.1 Å². The van der Waals surface area contributed by atoms with Crippen molar-refractivity contribution < 1.29 is 23.7 Å². The number of carbonyl (C=O) groups is 3. The zero-order chi connectivity index (χ0) is 25.3. The van der Waals surface area contributed by atoms with Gasteiger partial charge in [0.1, 0.15) is 18.1 Å². The summed E-state index contributed by atoms with van der Waals surface area (Å²) in [5.41, 5.74) is 3.69. The molecule has 0 spiro atoms. The number of aryl methyl sites for hydroxylation is 3. The van der Waals surface area contributed by atoms with Gasteiger partial charge in [-0.1, -0.05) is 18.2 Å². The number of imide groups is 1. The van der Waals surface area contributed by atoms with E-state index >= 15 is 0 Å². The molecule has 4 rings (SSSR count). The van der Waals surface area contributed by atoms with E-state index in [9.17, 15) is 24.5 Å². The molecule has 0 unspecified atom stereocenters. The number of rotatable bonds is 6. The van der Waals surface area contributed by atoms with Gasteiger partial charge in [0.05, 0.1) is 9.83 Å². The first kappa shape index (κ1) is 24.0. The third-order valence-corrected chi connectivity index (χ3v) is 6.46. The van der Waals surface area contributed by atoms with Gasteiger partial charge in [0, 0.05) is 29.0 Å². The molecule has 3 aromatic rings. The van der Waals surface area contributed by atoms with Crippen molar-refractivity contribution >= 4 is 46.3 Å². The maximum Gasteiger partial charge on any atom is 0.294 e. The molecule has 35 heavy (non-hydrogen) atoms. The van der Waals surface area contributed by atoms with Gasteiger partial charge in [-0.3, -0.25) is 29.4 Å². The van der Waals surface area contributed by atoms with Gasteiger partial charge in [0.2, 0.25) is 5.91 Å². The molecule has 0 bridgehead atoms. The van der Waals surface area contributed by atoms with Crippen LogP contribution in [0.3, 0.4) is 0 Å². The number of nitro benzene ring substituents is 1. The van der Waals surface area contributed by atoms with Crippen molar-refractivity contribution in [2.24, 2.45) is 0 Å². The fraction of sp³-hybridized carbons (Fsp3) is 0.160. The fourth-order valence-corrected chi connectivity index (χ4v) is 4.29. The van der Waals surface area contributed by atoms with Gasteiger partial charge in [0.15, 0.2) is 0 Å². The van der Waals surface area contributed by atoms with Crippen molar-refractivity contribution in [1.29, 1.82) is 0 Å². The number of carbonyl (C=O) groups excluding carboxylic acids is 3. The molecule has 178 valence electrons. The Morgan fingerprint density at radius 1 is 1.06 bits per heavy atom. The molecule has 0 aliphatic carbocycles. The Balaban J connectivity index is 1.47. The van der Waals surface area contributed by atoms with Crippen LogP contribution >= 0.6 is 11.8 Å². The number of benzene rings is 2. The lowest BCUT2D eigenvalue weighted by molar-refractivity contribution is -0.385. The van der Waals surface area contributed by atoms with Crippen LogP contribution in [0, 0.1) is 30.9 Å². The third kappa shape index (κ3) is 5.17. The van der Waals surface area contributed by atoms with Gasteiger partial charge in [-0.05, 0) is 67.9 Å². The molecule has 2 aromatic carbocycles. The second-order valence-corrected chi connectivity index (χ2v) is 9.07. The van der Waals surface area contributed by atoms with Gasteiger partial charge in [-0.15, -0.1) is 0 Å². The van der Waals surface area contributed by atoms with Gasteiger partial charge < -0.3 is 9.73 Å². The number of nitrogens with zero attached hydrogens (tertiary/aromatic N) is 2. The highest BCUT2D eigenvalue weighted by Gasteiger charge is 2.36. The summed E-state index contributed by atoms with van der Waals surface area (Å²) in [5.74, 6) is -0.406. The lowest BCUT2D eigenvalue weighted by Gasteiger charge is -2.13. The number of amides is 3. The van der Waals surface area contributed by atoms with E-state index in [0.717, 1.165) is 16.0 Å². The zero-order valence-electron chi connectivity index (χ0n) is 19.2. The summed E-state index contributed by atoms with van der Waals surface area (Å²) < 4.78 is 5.73. The Labute approximate surface area is 204 Å². The summed E-state index contributed by atoms with van der Waals surface area (Å²) in [6, 6.07) is 13.4. The Bertz CT molecular complexity index is 1410. The van der Waals surface area contributed by atoms with Crippen LogP contribution in [0.2, 0.25) is 0 Å². The molecule has 1 saturated heterocycles. The van der Waals surface area contributed by atoms with Crippen LogP contribution in [0.5, 0.6) is 0 Å². The molecule has 1 fully saturated rings. The van der Waals surface area contributed by atoms with E-state index in [2.05, 4.69) is 5.32 Å². The van der Waals surface area contributed by atoms with E-state index in [1.54, 1.807) is 37.3 Å². The van der Waals surface area contributed by atoms with Crippen molar-refractivity contribution in [3.8, 4) is 11.3 Å². The normalized spacial score (nSPS) is 14.6. The predicted molar refractivity (Wildman–Crippen MR) is 133 cm³/mol. The molecule has 10 heteroatoms. The van der Waals surface area contributed by atoms with E-state index in [4.69, 9.17) is 4.42 Å². The standard InChI is InChI=1S/C25H21N3O6S/c1-14-5-7-18(10-16(14)3)26-23(29)13-27-24(30)22(35-25(27)31)12-19-8-9-21(34-19)17-6-4-15(2)20(11-17)28(32)33/h4-12H,13H2,1-3H3,(H,26,29). The van der Waals surface area contributed by atoms with Crippen LogP contribution in [0.4, 0.5) is 16.2 Å². The molecule has 1 aliphatic heterocycles. The van der Waals surface area contributed by atoms with Crippen LogP contribution in [-0.4, -0.2) is 33.4 Å². The average molecular weight is 492 g/mol. The van der Waals surface area contributed by atoms with Crippen molar-refractivity contribution in [3.05, 3.63) is 86.0 Å². The largest absolute Gasteiger partial charge is 0.457 e. The first-order valence-corrected chi connectivity index (χ1v) is 11.4. The summed E-state index contributed by atoms with van der Waals surface area (Å²) >= 11 is 0.712. The Kier molecular flexibility index (Phi) is 6.57. The number of furan rings is 1. The maximum absolute atomic E-state index is 12.8. The van der Waals surface area contributed by atoms with Crippen LogP contribution in [0.1, 0.15) is 22.5 Å². The molecule has 0 radical (unpaired) electrons. The molecule has 0 saturated carbocycles. The van der Waals surface area contributed by atoms with Gasteiger partial charge in [0.25, 0.3) is 16.8 Å². The van der Waals surface area contributed by atoms with Crippen LogP contribution in [0.15, 0.2) is 57.9 Å². The molecular formula is C25H21N3O6S. The first-order chi connectivity index (χ1) is 16.6. The minimum atomic E-state index is -0.598. The van der Waals surface area contributed by atoms with Crippen molar-refractivity contribution in [2.45, 2.75) is 20.8 Å². The molecule has 0 atom stereocenters. The lowest BCUT2D eigenvalue weighted by atomic mass is 10.1. The lowest BCUT2D eigenvalue weighted by Crippen LogP contribution is -2.36. The van der Waals surface area contributed by atoms with Gasteiger partial charge in [-0.2, -0.15) is 0 Å². The topological polar surface area (TPSA) is 123 Å². The second kappa shape index (κ2) is 9.59. The number of hydrogen-bond acceptors (Lipinski definition) is 7. The number of nitrogens with one attached hydrogen (secondary N) is 1. The molecule has 3 amide bonds. The van der Waals surface area contributed by atoms with E-state index < -0.39 is 28.5 Å². The quantitative estimate of drug-likeness (QED) is 0.276. The molecule has 1 N–H and O–H groups in total. The predicted octanol–water partition coefficient (Wildman–Crippen LogP) is 5.46. The number of thioether (sulfide) groups is 1. The number of hydrogen-bond donors (Lipinski definition) is 1. The molecular weight excluding hydrogens is 470 g/mol. The summed E-state index contributed by atoms with van der Waals surface area (Å²) in [6.45, 7) is 5.12. The number of anilines is 1. The van der Waals surface area contributed by atoms with Crippen molar-refractivity contribution in [1.82, 2.24) is 4.90 Å². The minimum Gasteiger partial charge on any atom is -0.457 e. The second-order valence-electron chi connectivity index (χ2n) is 8.08. The van der Waals surface area contributed by atoms with Crippen molar-refractivity contribution in [2.75, 3.05) is 11.9 Å². The number of nitro groups is 1. The smallest absolute Gasteiger partial charge is 0.294 e. The van der Waals surface area contributed by atoms with Gasteiger partial charge >= 0.3 is 0 Å². The molecule has 9 nitrogen and oxygen atoms in total. The monoisotopic (exact) mass is 491 g/mol. The molecule has 1 aliphatic rings. The summed E-state index contributed by atoms with van der Waals surface area (Å²) in [4.78, 5) is 49.3. The minimum absolute atomic E-state index is 0.0272. The third-order valence-electron chi connectivity index (χ3n) is 5.56. The van der Waals surface area contributed by atoms with Crippen LogP contribution in [0.25, 0.3) is 17.4 Å². The van der Waals surface area contributed by atoms with Crippen LogP contribution < -0.4 is 5.32 Å². The highest BCUT2D eigenvalue weighted by atomic mass is 32.2. The average Bonchev–Trinajstić information content (AvgIpc) is 3.37. The van der Waals surface area contributed by atoms with Crippen molar-refractivity contribution in [3.63, 3.8) is 0 Å². The Hall–Kier alpha value is -4.18. The SMILES string of the molecule is Cc1ccc(NC(=O)CN2C(=O)SC(=Cc3ccc(-c4ccc(C)c([N+](=O)[O-])c4)o3)C2=O)cc1C. The highest BCUT2D eigenvalue weighted by Crippen LogP contribution is 2.34. The van der Waals surface area contributed by atoms with E-state index in [-0.39, 0.29) is 10.6 Å². The van der Waals surface area contributed by atoms with Gasteiger partial charge in [-0.25, -0.2) is 0 Å². The summed E-state index contributed by atoms with van der Waals surface area (Å²) in [6.07, 6.45) is 1.41. The summed E-state index contributed by atoms with van der Waals surface area (Å²) in [7, 11) is 0. The highest BCUT2D eigenvalue weighted by molar-refractivity contribution is 8.18. The maximum atomic E-state index is 12.8. The fourth-order valence-electron chi connectivity index (χ4n) is 3.47. The molecule has 1 aromatic heterocycles. The molecule has 2 heterocycles. The Morgan fingerprint density at radius 3 is 2.51 bits per heavy atom.